The van der Waals surface area contributed by atoms with E-state index in [4.69, 9.17) is 10.5 Å². The summed E-state index contributed by atoms with van der Waals surface area (Å²) in [5, 5.41) is 9.66. The van der Waals surface area contributed by atoms with E-state index in [1.54, 1.807) is 4.57 Å². The van der Waals surface area contributed by atoms with Gasteiger partial charge in [-0.3, -0.25) is 4.79 Å². The van der Waals surface area contributed by atoms with Gasteiger partial charge in [-0.15, -0.1) is 0 Å². The Morgan fingerprint density at radius 3 is 2.73 bits per heavy atom. The van der Waals surface area contributed by atoms with Crippen molar-refractivity contribution in [1.82, 2.24) is 4.57 Å². The lowest BCUT2D eigenvalue weighted by Crippen LogP contribution is -2.33. The molecule has 2 heterocycles. The molecule has 1 unspecified atom stereocenters. The van der Waals surface area contributed by atoms with Gasteiger partial charge >= 0.3 is 0 Å². The number of aryl methyl sites for hydroxylation is 1. The number of hydrogen-bond acceptors (Lipinski definition) is 4. The van der Waals surface area contributed by atoms with Crippen molar-refractivity contribution in [1.29, 1.82) is 5.26 Å². The van der Waals surface area contributed by atoms with Crippen molar-refractivity contribution in [3.8, 4) is 11.8 Å². The lowest BCUT2D eigenvalue weighted by atomic mass is 9.84. The van der Waals surface area contributed by atoms with Crippen molar-refractivity contribution in [2.75, 3.05) is 0 Å². The van der Waals surface area contributed by atoms with Crippen molar-refractivity contribution in [3.63, 3.8) is 0 Å². The molecule has 134 valence electrons. The van der Waals surface area contributed by atoms with Gasteiger partial charge in [0, 0.05) is 22.8 Å². The standard InChI is InChI=1S/C20H20BrN3O2/c1-3-6-14-10-16-18(20(25)24(14)4-2)17(15(11-22)19(23)26-16)12-7-5-8-13(21)9-12/h5,7-10,17H,3-4,6,23H2,1-2H3. The lowest BCUT2D eigenvalue weighted by molar-refractivity contribution is 0.388. The van der Waals surface area contributed by atoms with Gasteiger partial charge in [0.25, 0.3) is 5.56 Å². The van der Waals surface area contributed by atoms with Crippen LogP contribution in [0.5, 0.6) is 5.75 Å². The summed E-state index contributed by atoms with van der Waals surface area (Å²) in [4.78, 5) is 13.3. The lowest BCUT2D eigenvalue weighted by Gasteiger charge is -2.27. The Labute approximate surface area is 160 Å². The first-order valence-corrected chi connectivity index (χ1v) is 9.40. The van der Waals surface area contributed by atoms with Crippen LogP contribution < -0.4 is 16.0 Å². The molecule has 1 aromatic carbocycles. The van der Waals surface area contributed by atoms with E-state index in [0.29, 0.717) is 17.9 Å². The third kappa shape index (κ3) is 3.04. The number of hydrogen-bond donors (Lipinski definition) is 1. The largest absolute Gasteiger partial charge is 0.440 e. The molecule has 1 aliphatic rings. The maximum absolute atomic E-state index is 13.3. The zero-order valence-corrected chi connectivity index (χ0v) is 16.3. The number of ether oxygens (including phenoxy) is 1. The Morgan fingerprint density at radius 2 is 2.12 bits per heavy atom. The molecule has 6 heteroatoms. The number of aromatic nitrogens is 1. The molecular formula is C20H20BrN3O2. The van der Waals surface area contributed by atoms with E-state index in [2.05, 4.69) is 28.9 Å². The summed E-state index contributed by atoms with van der Waals surface area (Å²) >= 11 is 3.46. The topological polar surface area (TPSA) is 81.0 Å². The highest BCUT2D eigenvalue weighted by Crippen LogP contribution is 2.41. The maximum atomic E-state index is 13.3. The molecule has 5 nitrogen and oxygen atoms in total. The van der Waals surface area contributed by atoms with Crippen LogP contribution in [0.4, 0.5) is 0 Å². The minimum atomic E-state index is -0.540. The number of rotatable bonds is 4. The van der Waals surface area contributed by atoms with Crippen LogP contribution >= 0.6 is 15.9 Å². The maximum Gasteiger partial charge on any atom is 0.258 e. The predicted octanol–water partition coefficient (Wildman–Crippen LogP) is 3.80. The van der Waals surface area contributed by atoms with Gasteiger partial charge in [-0.2, -0.15) is 5.26 Å². The van der Waals surface area contributed by atoms with E-state index in [-0.39, 0.29) is 17.0 Å². The normalized spacial score (nSPS) is 16.0. The number of nitriles is 1. The molecule has 1 aliphatic heterocycles. The number of fused-ring (bicyclic) bond motifs is 1. The Bertz CT molecular complexity index is 986. The molecule has 1 aromatic heterocycles. The van der Waals surface area contributed by atoms with Crippen molar-refractivity contribution < 1.29 is 4.74 Å². The number of halogens is 1. The zero-order chi connectivity index (χ0) is 18.8. The van der Waals surface area contributed by atoms with Crippen molar-refractivity contribution in [2.24, 2.45) is 5.73 Å². The van der Waals surface area contributed by atoms with E-state index in [1.165, 1.54) is 0 Å². The molecular weight excluding hydrogens is 394 g/mol. The molecule has 0 saturated heterocycles. The Morgan fingerprint density at radius 1 is 1.35 bits per heavy atom. The molecule has 0 bridgehead atoms. The zero-order valence-electron chi connectivity index (χ0n) is 14.8. The molecule has 2 aromatic rings. The van der Waals surface area contributed by atoms with Gasteiger partial charge < -0.3 is 15.0 Å². The second kappa shape index (κ2) is 7.38. The molecule has 1 atom stereocenters. The van der Waals surface area contributed by atoms with Gasteiger partial charge in [-0.05, 0) is 31.0 Å². The first kappa shape index (κ1) is 18.3. The number of pyridine rings is 1. The van der Waals surface area contributed by atoms with Crippen LogP contribution in [0.15, 0.2) is 51.1 Å². The Balaban J connectivity index is 2.32. The fourth-order valence-corrected chi connectivity index (χ4v) is 3.86. The second-order valence-corrected chi connectivity index (χ2v) is 7.11. The van der Waals surface area contributed by atoms with Crippen LogP contribution in [0.3, 0.4) is 0 Å². The van der Waals surface area contributed by atoms with Crippen LogP contribution in [-0.2, 0) is 13.0 Å². The Kier molecular flexibility index (Phi) is 5.19. The summed E-state index contributed by atoms with van der Waals surface area (Å²) in [6.45, 7) is 4.57. The van der Waals surface area contributed by atoms with Crippen LogP contribution in [0.2, 0.25) is 0 Å². The summed E-state index contributed by atoms with van der Waals surface area (Å²) in [6.07, 6.45) is 1.69. The highest BCUT2D eigenvalue weighted by molar-refractivity contribution is 9.10. The van der Waals surface area contributed by atoms with Gasteiger partial charge in [0.1, 0.15) is 17.4 Å². The van der Waals surface area contributed by atoms with Gasteiger partial charge in [0.15, 0.2) is 0 Å². The molecule has 0 saturated carbocycles. The molecule has 26 heavy (non-hydrogen) atoms. The quantitative estimate of drug-likeness (QED) is 0.825. The van der Waals surface area contributed by atoms with Crippen LogP contribution in [0.25, 0.3) is 0 Å². The average Bonchev–Trinajstić information content (AvgIpc) is 2.61. The summed E-state index contributed by atoms with van der Waals surface area (Å²) in [7, 11) is 0. The molecule has 0 aliphatic carbocycles. The smallest absolute Gasteiger partial charge is 0.258 e. The average molecular weight is 414 g/mol. The van der Waals surface area contributed by atoms with Crippen molar-refractivity contribution in [2.45, 2.75) is 39.2 Å². The number of allylic oxidation sites excluding steroid dienone is 1. The molecule has 0 amide bonds. The van der Waals surface area contributed by atoms with E-state index < -0.39 is 5.92 Å². The third-order valence-corrected chi connectivity index (χ3v) is 5.07. The molecule has 3 rings (SSSR count). The first-order valence-electron chi connectivity index (χ1n) is 8.61. The highest BCUT2D eigenvalue weighted by atomic mass is 79.9. The van der Waals surface area contributed by atoms with Crippen LogP contribution in [0, 0.1) is 11.3 Å². The predicted molar refractivity (Wildman–Crippen MR) is 104 cm³/mol. The van der Waals surface area contributed by atoms with E-state index in [0.717, 1.165) is 28.6 Å². The van der Waals surface area contributed by atoms with Gasteiger partial charge in [-0.25, -0.2) is 0 Å². The SMILES string of the molecule is CCCc1cc2c(c(=O)n1CC)C(c1cccc(Br)c1)C(C#N)=C(N)O2. The first-order chi connectivity index (χ1) is 12.5. The monoisotopic (exact) mass is 413 g/mol. The number of nitrogens with zero attached hydrogens (tertiary/aromatic N) is 2. The van der Waals surface area contributed by atoms with Crippen LogP contribution in [-0.4, -0.2) is 4.57 Å². The van der Waals surface area contributed by atoms with Crippen molar-refractivity contribution >= 4 is 15.9 Å². The van der Waals surface area contributed by atoms with Crippen molar-refractivity contribution in [3.05, 3.63) is 73.4 Å². The summed E-state index contributed by atoms with van der Waals surface area (Å²) in [5.74, 6) is -0.0343. The van der Waals surface area contributed by atoms with E-state index in [9.17, 15) is 10.1 Å². The van der Waals surface area contributed by atoms with E-state index >= 15 is 0 Å². The van der Waals surface area contributed by atoms with Crippen LogP contribution in [0.1, 0.15) is 43.0 Å². The number of benzene rings is 1. The fourth-order valence-electron chi connectivity index (χ4n) is 3.45. The third-order valence-electron chi connectivity index (χ3n) is 4.57. The van der Waals surface area contributed by atoms with Gasteiger partial charge in [0.05, 0.1) is 11.5 Å². The molecule has 2 N–H and O–H groups in total. The fraction of sp³-hybridized carbons (Fsp3) is 0.300. The van der Waals surface area contributed by atoms with E-state index in [1.807, 2.05) is 37.3 Å². The van der Waals surface area contributed by atoms with Gasteiger partial charge in [0.2, 0.25) is 5.88 Å². The Hall–Kier alpha value is -2.52. The molecule has 0 spiro atoms. The summed E-state index contributed by atoms with van der Waals surface area (Å²) in [6, 6.07) is 11.6. The second-order valence-electron chi connectivity index (χ2n) is 6.19. The van der Waals surface area contributed by atoms with Gasteiger partial charge in [-0.1, -0.05) is 41.4 Å². The minimum Gasteiger partial charge on any atom is -0.440 e. The summed E-state index contributed by atoms with van der Waals surface area (Å²) < 4.78 is 8.32. The molecule has 0 fully saturated rings. The number of nitrogens with two attached hydrogens (primary N) is 1. The highest BCUT2D eigenvalue weighted by Gasteiger charge is 2.34. The molecule has 0 radical (unpaired) electrons. The summed E-state index contributed by atoms with van der Waals surface area (Å²) in [5.41, 5.74) is 8.38. The minimum absolute atomic E-state index is 0.0565.